The number of likely N-dealkylation sites (N-methyl/N-ethyl adjacent to an activating group) is 1. The van der Waals surface area contributed by atoms with Crippen molar-refractivity contribution in [1.29, 1.82) is 0 Å². The van der Waals surface area contributed by atoms with Gasteiger partial charge in [0.05, 0.1) is 6.04 Å². The molecule has 4 atom stereocenters. The second kappa shape index (κ2) is 4.30. The van der Waals surface area contributed by atoms with Gasteiger partial charge in [0.15, 0.2) is 0 Å². The van der Waals surface area contributed by atoms with E-state index in [9.17, 15) is 9.59 Å². The molecule has 2 bridgehead atoms. The summed E-state index contributed by atoms with van der Waals surface area (Å²) in [5, 5.41) is 3.64. The summed E-state index contributed by atoms with van der Waals surface area (Å²) in [7, 11) is 1.60. The minimum absolute atomic E-state index is 0.0496. The molecule has 1 aliphatic heterocycles. The normalized spacial score (nSPS) is 43.4. The minimum Gasteiger partial charge on any atom is -0.302 e. The molecule has 3 fully saturated rings. The molecule has 2 amide bonds. The van der Waals surface area contributed by atoms with E-state index in [1.807, 2.05) is 0 Å². The maximum Gasteiger partial charge on any atom is 0.246 e. The third-order valence-corrected chi connectivity index (χ3v) is 6.29. The second-order valence-electron chi connectivity index (χ2n) is 7.90. The van der Waals surface area contributed by atoms with Gasteiger partial charge in [-0.15, -0.1) is 0 Å². The van der Waals surface area contributed by atoms with E-state index in [0.29, 0.717) is 24.3 Å². The number of carbonyl (C=O) groups is 2. The number of hydrogen-bond donors (Lipinski definition) is 1. The maximum absolute atomic E-state index is 12.3. The molecule has 4 nitrogen and oxygen atoms in total. The van der Waals surface area contributed by atoms with Crippen LogP contribution in [0.4, 0.5) is 0 Å². The van der Waals surface area contributed by atoms with Gasteiger partial charge in [-0.2, -0.15) is 0 Å². The number of imide groups is 1. The molecule has 0 aromatic heterocycles. The largest absolute Gasteiger partial charge is 0.302 e. The van der Waals surface area contributed by atoms with E-state index in [1.54, 1.807) is 7.05 Å². The third-order valence-electron chi connectivity index (χ3n) is 6.29. The maximum atomic E-state index is 12.3. The highest BCUT2D eigenvalue weighted by Gasteiger charge is 2.59. The van der Waals surface area contributed by atoms with Crippen molar-refractivity contribution >= 4 is 11.8 Å². The molecule has 3 aliphatic rings. The van der Waals surface area contributed by atoms with Crippen molar-refractivity contribution in [2.24, 2.45) is 16.7 Å². The molecule has 0 spiro atoms. The van der Waals surface area contributed by atoms with E-state index in [4.69, 9.17) is 0 Å². The standard InChI is InChI=1S/C16H26N2O2/c1-15(2)10-7-8-16(3,9-10)14(15)17-11-5-6-12(19)18(4)13(11)20/h10-11,14,17H,5-9H2,1-4H3. The van der Waals surface area contributed by atoms with Gasteiger partial charge in [0.25, 0.3) is 0 Å². The lowest BCUT2D eigenvalue weighted by Gasteiger charge is -2.45. The molecule has 2 aliphatic carbocycles. The average Bonchev–Trinajstić information content (AvgIpc) is 2.85. The first-order valence-corrected chi connectivity index (χ1v) is 7.82. The number of rotatable bonds is 2. The van der Waals surface area contributed by atoms with Crippen molar-refractivity contribution < 1.29 is 9.59 Å². The molecule has 1 saturated heterocycles. The Hall–Kier alpha value is -0.900. The summed E-state index contributed by atoms with van der Waals surface area (Å²) in [5.74, 6) is 0.665. The summed E-state index contributed by atoms with van der Waals surface area (Å²) in [5.41, 5.74) is 0.557. The van der Waals surface area contributed by atoms with Crippen molar-refractivity contribution in [3.05, 3.63) is 0 Å². The van der Waals surface area contributed by atoms with Gasteiger partial charge in [0.1, 0.15) is 0 Å². The Labute approximate surface area is 121 Å². The first kappa shape index (κ1) is 14.1. The van der Waals surface area contributed by atoms with Gasteiger partial charge in [-0.3, -0.25) is 14.5 Å². The van der Waals surface area contributed by atoms with Gasteiger partial charge in [-0.25, -0.2) is 0 Å². The zero-order valence-electron chi connectivity index (χ0n) is 13.0. The van der Waals surface area contributed by atoms with Crippen LogP contribution in [0, 0.1) is 16.7 Å². The molecule has 1 N–H and O–H groups in total. The molecule has 2 saturated carbocycles. The predicted molar refractivity (Wildman–Crippen MR) is 77.0 cm³/mol. The first-order chi connectivity index (χ1) is 9.25. The quantitative estimate of drug-likeness (QED) is 0.785. The zero-order valence-corrected chi connectivity index (χ0v) is 13.0. The van der Waals surface area contributed by atoms with Crippen LogP contribution in [0.25, 0.3) is 0 Å². The lowest BCUT2D eigenvalue weighted by Crippen LogP contribution is -2.59. The van der Waals surface area contributed by atoms with Gasteiger partial charge in [-0.05, 0) is 42.4 Å². The van der Waals surface area contributed by atoms with Crippen LogP contribution in [0.5, 0.6) is 0 Å². The van der Waals surface area contributed by atoms with Crippen LogP contribution >= 0.6 is 0 Å². The number of carbonyl (C=O) groups excluding carboxylic acids is 2. The molecule has 1 heterocycles. The lowest BCUT2D eigenvalue weighted by molar-refractivity contribution is -0.148. The second-order valence-corrected chi connectivity index (χ2v) is 7.90. The molecule has 4 heteroatoms. The van der Waals surface area contributed by atoms with Gasteiger partial charge in [0.2, 0.25) is 11.8 Å². The predicted octanol–water partition coefficient (Wildman–Crippen LogP) is 1.94. The Kier molecular flexibility index (Phi) is 3.02. The summed E-state index contributed by atoms with van der Waals surface area (Å²) in [6.07, 6.45) is 4.98. The Bertz CT molecular complexity index is 455. The number of amides is 2. The monoisotopic (exact) mass is 278 g/mol. The molecule has 3 rings (SSSR count). The number of nitrogens with one attached hydrogen (secondary N) is 1. The van der Waals surface area contributed by atoms with Crippen LogP contribution in [0.3, 0.4) is 0 Å². The van der Waals surface area contributed by atoms with E-state index in [2.05, 4.69) is 26.1 Å². The Balaban J connectivity index is 1.78. The van der Waals surface area contributed by atoms with Gasteiger partial charge in [0, 0.05) is 19.5 Å². The summed E-state index contributed by atoms with van der Waals surface area (Å²) >= 11 is 0. The summed E-state index contributed by atoms with van der Waals surface area (Å²) < 4.78 is 0. The molecule has 112 valence electrons. The van der Waals surface area contributed by atoms with Crippen LogP contribution in [-0.4, -0.2) is 35.8 Å². The van der Waals surface area contributed by atoms with Crippen LogP contribution in [-0.2, 0) is 9.59 Å². The third kappa shape index (κ3) is 1.84. The summed E-state index contributed by atoms with van der Waals surface area (Å²) in [6, 6.07) is 0.197. The van der Waals surface area contributed by atoms with E-state index in [-0.39, 0.29) is 23.3 Å². The number of piperidine rings is 1. The molecular weight excluding hydrogens is 252 g/mol. The van der Waals surface area contributed by atoms with Crippen molar-refractivity contribution in [2.45, 2.75) is 65.0 Å². The van der Waals surface area contributed by atoms with Crippen molar-refractivity contribution in [3.63, 3.8) is 0 Å². The summed E-state index contributed by atoms with van der Waals surface area (Å²) in [6.45, 7) is 7.03. The Morgan fingerprint density at radius 3 is 2.50 bits per heavy atom. The van der Waals surface area contributed by atoms with Gasteiger partial charge < -0.3 is 5.32 Å². The van der Waals surface area contributed by atoms with Crippen molar-refractivity contribution in [3.8, 4) is 0 Å². The zero-order chi connectivity index (χ0) is 14.7. The van der Waals surface area contributed by atoms with Crippen LogP contribution in [0.2, 0.25) is 0 Å². The number of likely N-dealkylation sites (tertiary alicyclic amines) is 1. The highest BCUT2D eigenvalue weighted by molar-refractivity contribution is 6.00. The number of hydrogen-bond acceptors (Lipinski definition) is 3. The Morgan fingerprint density at radius 1 is 1.20 bits per heavy atom. The fraction of sp³-hybridized carbons (Fsp3) is 0.875. The van der Waals surface area contributed by atoms with E-state index >= 15 is 0 Å². The Morgan fingerprint density at radius 2 is 1.90 bits per heavy atom. The first-order valence-electron chi connectivity index (χ1n) is 7.82. The molecule has 0 radical (unpaired) electrons. The number of fused-ring (bicyclic) bond motifs is 2. The molecule has 0 aromatic rings. The molecule has 20 heavy (non-hydrogen) atoms. The van der Waals surface area contributed by atoms with Crippen LogP contribution in [0.1, 0.15) is 52.9 Å². The van der Waals surface area contributed by atoms with E-state index in [0.717, 1.165) is 5.92 Å². The van der Waals surface area contributed by atoms with Gasteiger partial charge in [-0.1, -0.05) is 20.8 Å². The van der Waals surface area contributed by atoms with E-state index < -0.39 is 0 Å². The lowest BCUT2D eigenvalue weighted by atomic mass is 9.68. The fourth-order valence-corrected chi connectivity index (χ4v) is 4.99. The highest BCUT2D eigenvalue weighted by Crippen LogP contribution is 2.62. The van der Waals surface area contributed by atoms with Gasteiger partial charge >= 0.3 is 0 Å². The summed E-state index contributed by atoms with van der Waals surface area (Å²) in [4.78, 5) is 25.2. The smallest absolute Gasteiger partial charge is 0.246 e. The minimum atomic E-state index is -0.182. The van der Waals surface area contributed by atoms with E-state index in [1.165, 1.54) is 24.2 Å². The number of nitrogens with zero attached hydrogens (tertiary/aromatic N) is 1. The highest BCUT2D eigenvalue weighted by atomic mass is 16.2. The molecule has 4 unspecified atom stereocenters. The van der Waals surface area contributed by atoms with Crippen LogP contribution < -0.4 is 5.32 Å². The topological polar surface area (TPSA) is 49.4 Å². The van der Waals surface area contributed by atoms with Crippen LogP contribution in [0.15, 0.2) is 0 Å². The molecular formula is C16H26N2O2. The van der Waals surface area contributed by atoms with Crippen molar-refractivity contribution in [2.75, 3.05) is 7.05 Å². The SMILES string of the molecule is CN1C(=O)CCC(NC2C3(C)CCC(C3)C2(C)C)C1=O. The average molecular weight is 278 g/mol. The van der Waals surface area contributed by atoms with Crippen molar-refractivity contribution in [1.82, 2.24) is 10.2 Å². The molecule has 0 aromatic carbocycles. The fourth-order valence-electron chi connectivity index (χ4n) is 4.99.